The van der Waals surface area contributed by atoms with Crippen LogP contribution in [0.5, 0.6) is 0 Å². The van der Waals surface area contributed by atoms with Gasteiger partial charge in [0.15, 0.2) is 0 Å². The molecule has 0 fully saturated rings. The first-order chi connectivity index (χ1) is 8.42. The summed E-state index contributed by atoms with van der Waals surface area (Å²) in [6.45, 7) is 1.56. The molecular formula is C10H11Cl2NO4S. The first-order valence-corrected chi connectivity index (χ1v) is 6.39. The number of nitrogens with one attached hydrogen (secondary N) is 1. The van der Waals surface area contributed by atoms with Crippen LogP contribution in [-0.2, 0) is 14.3 Å². The molecule has 1 aromatic rings. The zero-order valence-corrected chi connectivity index (χ0v) is 12.2. The molecule has 0 aromatic carbocycles. The van der Waals surface area contributed by atoms with Crippen LogP contribution in [0, 0.1) is 0 Å². The number of rotatable bonds is 4. The first kappa shape index (κ1) is 15.2. The van der Waals surface area contributed by atoms with Crippen LogP contribution >= 0.6 is 34.5 Å². The molecule has 1 heterocycles. The summed E-state index contributed by atoms with van der Waals surface area (Å²) < 4.78 is 9.65. The van der Waals surface area contributed by atoms with Gasteiger partial charge >= 0.3 is 5.97 Å². The molecule has 18 heavy (non-hydrogen) atoms. The fourth-order valence-electron chi connectivity index (χ4n) is 1.06. The summed E-state index contributed by atoms with van der Waals surface area (Å²) in [7, 11) is 2.63. The third kappa shape index (κ3) is 3.14. The molecule has 1 aromatic heterocycles. The number of carbonyl (C=O) groups excluding carboxylic acids is 2. The monoisotopic (exact) mass is 311 g/mol. The number of ether oxygens (including phenoxy) is 2. The van der Waals surface area contributed by atoms with E-state index in [1.54, 1.807) is 6.92 Å². The van der Waals surface area contributed by atoms with Crippen molar-refractivity contribution in [3.63, 3.8) is 0 Å². The number of halogens is 2. The van der Waals surface area contributed by atoms with Crippen molar-refractivity contribution in [2.45, 2.75) is 13.0 Å². The maximum Gasteiger partial charge on any atom is 0.350 e. The molecule has 1 N–H and O–H groups in total. The lowest BCUT2D eigenvalue weighted by molar-refractivity contribution is -0.124. The molecule has 0 radical (unpaired) electrons. The lowest BCUT2D eigenvalue weighted by atomic mass is 10.3. The predicted molar refractivity (Wildman–Crippen MR) is 70.8 cm³/mol. The number of hydrogen-bond donors (Lipinski definition) is 1. The van der Waals surface area contributed by atoms with Crippen LogP contribution < -0.4 is 5.32 Å². The molecule has 1 atom stereocenters. The van der Waals surface area contributed by atoms with Crippen LogP contribution in [0.4, 0.5) is 5.69 Å². The van der Waals surface area contributed by atoms with Crippen LogP contribution in [0.2, 0.25) is 9.36 Å². The summed E-state index contributed by atoms with van der Waals surface area (Å²) in [5.41, 5.74) is 0.146. The average Bonchev–Trinajstić information content (AvgIpc) is 2.64. The van der Waals surface area contributed by atoms with Crippen LogP contribution in [-0.4, -0.2) is 32.2 Å². The minimum atomic E-state index is -0.676. The summed E-state index contributed by atoms with van der Waals surface area (Å²) in [6, 6.07) is 0. The lowest BCUT2D eigenvalue weighted by Gasteiger charge is -2.10. The summed E-state index contributed by atoms with van der Waals surface area (Å²) in [5, 5.41) is 2.60. The third-order valence-electron chi connectivity index (χ3n) is 2.15. The van der Waals surface area contributed by atoms with Crippen molar-refractivity contribution in [1.29, 1.82) is 0 Å². The molecule has 0 saturated heterocycles. The van der Waals surface area contributed by atoms with Crippen LogP contribution in [0.15, 0.2) is 0 Å². The van der Waals surface area contributed by atoms with Crippen LogP contribution in [0.1, 0.15) is 16.6 Å². The van der Waals surface area contributed by atoms with E-state index in [0.29, 0.717) is 0 Å². The highest BCUT2D eigenvalue weighted by Gasteiger charge is 2.24. The maximum atomic E-state index is 11.7. The van der Waals surface area contributed by atoms with Gasteiger partial charge in [0.1, 0.15) is 15.3 Å². The second-order valence-corrected chi connectivity index (χ2v) is 5.25. The van der Waals surface area contributed by atoms with E-state index < -0.39 is 18.0 Å². The van der Waals surface area contributed by atoms with Crippen molar-refractivity contribution in [2.24, 2.45) is 0 Å². The minimum Gasteiger partial charge on any atom is -0.465 e. The summed E-state index contributed by atoms with van der Waals surface area (Å²) in [4.78, 5) is 23.3. The van der Waals surface area contributed by atoms with Gasteiger partial charge in [-0.1, -0.05) is 23.2 Å². The van der Waals surface area contributed by atoms with E-state index in [-0.39, 0.29) is 19.9 Å². The van der Waals surface area contributed by atoms with E-state index >= 15 is 0 Å². The van der Waals surface area contributed by atoms with Gasteiger partial charge in [0.25, 0.3) is 5.91 Å². The highest BCUT2D eigenvalue weighted by atomic mass is 35.5. The van der Waals surface area contributed by atoms with Crippen molar-refractivity contribution >= 4 is 52.1 Å². The van der Waals surface area contributed by atoms with E-state index in [4.69, 9.17) is 27.9 Å². The van der Waals surface area contributed by atoms with Crippen LogP contribution in [0.25, 0.3) is 0 Å². The van der Waals surface area contributed by atoms with E-state index in [1.807, 2.05) is 0 Å². The van der Waals surface area contributed by atoms with Gasteiger partial charge in [0, 0.05) is 7.11 Å². The lowest BCUT2D eigenvalue weighted by Crippen LogP contribution is -2.27. The highest BCUT2D eigenvalue weighted by Crippen LogP contribution is 2.41. The Morgan fingerprint density at radius 3 is 2.44 bits per heavy atom. The molecule has 0 saturated carbocycles. The average molecular weight is 312 g/mol. The molecule has 0 bridgehead atoms. The number of esters is 1. The SMILES string of the molecule is COC(=O)c1sc(Cl)c(Cl)c1NC(=O)C(C)OC. The van der Waals surface area contributed by atoms with Crippen molar-refractivity contribution in [2.75, 3.05) is 19.5 Å². The Kier molecular flexibility index (Phi) is 5.40. The smallest absolute Gasteiger partial charge is 0.350 e. The van der Waals surface area contributed by atoms with Crippen molar-refractivity contribution in [3.8, 4) is 0 Å². The van der Waals surface area contributed by atoms with Gasteiger partial charge in [-0.3, -0.25) is 4.79 Å². The second-order valence-electron chi connectivity index (χ2n) is 3.25. The van der Waals surface area contributed by atoms with E-state index in [1.165, 1.54) is 14.2 Å². The van der Waals surface area contributed by atoms with Crippen LogP contribution in [0.3, 0.4) is 0 Å². The third-order valence-corrected chi connectivity index (χ3v) is 4.12. The van der Waals surface area contributed by atoms with Gasteiger partial charge in [-0.2, -0.15) is 0 Å². The topological polar surface area (TPSA) is 64.6 Å². The van der Waals surface area contributed by atoms with Gasteiger partial charge < -0.3 is 14.8 Å². The second kappa shape index (κ2) is 6.38. The quantitative estimate of drug-likeness (QED) is 0.868. The Morgan fingerprint density at radius 1 is 1.33 bits per heavy atom. The largest absolute Gasteiger partial charge is 0.465 e. The van der Waals surface area contributed by atoms with E-state index in [0.717, 1.165) is 11.3 Å². The Balaban J connectivity index is 3.07. The molecule has 0 aliphatic heterocycles. The fraction of sp³-hybridized carbons (Fsp3) is 0.400. The van der Waals surface area contributed by atoms with E-state index in [9.17, 15) is 9.59 Å². The first-order valence-electron chi connectivity index (χ1n) is 4.82. The zero-order valence-electron chi connectivity index (χ0n) is 9.87. The molecule has 8 heteroatoms. The number of thiophene rings is 1. The summed E-state index contributed by atoms with van der Waals surface area (Å²) in [5.74, 6) is -1.05. The maximum absolute atomic E-state index is 11.7. The van der Waals surface area contributed by atoms with Crippen molar-refractivity contribution in [1.82, 2.24) is 0 Å². The van der Waals surface area contributed by atoms with Gasteiger partial charge in [0.2, 0.25) is 0 Å². The molecule has 0 aliphatic carbocycles. The molecule has 1 rings (SSSR count). The molecule has 1 unspecified atom stereocenters. The molecular weight excluding hydrogens is 301 g/mol. The van der Waals surface area contributed by atoms with Gasteiger partial charge in [-0.05, 0) is 6.92 Å². The van der Waals surface area contributed by atoms with Gasteiger partial charge in [-0.25, -0.2) is 4.79 Å². The Labute approximate surface area is 118 Å². The van der Waals surface area contributed by atoms with Gasteiger partial charge in [-0.15, -0.1) is 11.3 Å². The highest BCUT2D eigenvalue weighted by molar-refractivity contribution is 7.19. The molecule has 1 amide bonds. The van der Waals surface area contributed by atoms with Gasteiger partial charge in [0.05, 0.1) is 17.8 Å². The summed E-state index contributed by atoms with van der Waals surface area (Å²) >= 11 is 12.7. The predicted octanol–water partition coefficient (Wildman–Crippen LogP) is 2.81. The standard InChI is InChI=1S/C10H11Cl2NO4S/c1-4(16-2)9(14)13-6-5(11)8(12)18-7(6)10(15)17-3/h4H,1-3H3,(H,13,14). The molecule has 100 valence electrons. The molecule has 5 nitrogen and oxygen atoms in total. The van der Waals surface area contributed by atoms with Crippen molar-refractivity contribution < 1.29 is 19.1 Å². The zero-order chi connectivity index (χ0) is 13.9. The fourth-order valence-corrected chi connectivity index (χ4v) is 2.50. The van der Waals surface area contributed by atoms with E-state index in [2.05, 4.69) is 10.1 Å². The molecule has 0 aliphatic rings. The number of hydrogen-bond acceptors (Lipinski definition) is 5. The minimum absolute atomic E-state index is 0.110. The number of anilines is 1. The number of carbonyl (C=O) groups is 2. The molecule has 0 spiro atoms. The Hall–Kier alpha value is -0.820. The number of amides is 1. The summed E-state index contributed by atoms with van der Waals surface area (Å²) in [6.07, 6.45) is -0.676. The number of methoxy groups -OCH3 is 2. The Bertz CT molecular complexity index is 475. The van der Waals surface area contributed by atoms with Crippen molar-refractivity contribution in [3.05, 3.63) is 14.2 Å². The normalized spacial score (nSPS) is 12.1. The Morgan fingerprint density at radius 2 is 1.94 bits per heavy atom.